The molecule has 0 saturated heterocycles. The second-order valence-corrected chi connectivity index (χ2v) is 5.54. The SMILES string of the molecule is CNC(CN(C)c1ccccc1F)C(C)(C)C. The van der Waals surface area contributed by atoms with Crippen molar-refractivity contribution in [2.45, 2.75) is 26.8 Å². The van der Waals surface area contributed by atoms with Gasteiger partial charge < -0.3 is 10.2 Å². The van der Waals surface area contributed by atoms with Crippen LogP contribution in [0, 0.1) is 11.2 Å². The van der Waals surface area contributed by atoms with Crippen molar-refractivity contribution in [3.05, 3.63) is 30.1 Å². The molecule has 0 amide bonds. The van der Waals surface area contributed by atoms with Crippen LogP contribution < -0.4 is 10.2 Å². The summed E-state index contributed by atoms with van der Waals surface area (Å²) < 4.78 is 13.6. The summed E-state index contributed by atoms with van der Waals surface area (Å²) >= 11 is 0. The smallest absolute Gasteiger partial charge is 0.146 e. The van der Waals surface area contributed by atoms with E-state index >= 15 is 0 Å². The Balaban J connectivity index is 2.78. The Morgan fingerprint density at radius 2 is 1.88 bits per heavy atom. The second-order valence-electron chi connectivity index (χ2n) is 5.54. The lowest BCUT2D eigenvalue weighted by Gasteiger charge is -2.34. The average molecular weight is 238 g/mol. The second kappa shape index (κ2) is 5.50. The number of hydrogen-bond acceptors (Lipinski definition) is 2. The lowest BCUT2D eigenvalue weighted by atomic mass is 9.86. The van der Waals surface area contributed by atoms with E-state index in [0.29, 0.717) is 11.7 Å². The van der Waals surface area contributed by atoms with Crippen molar-refractivity contribution < 1.29 is 4.39 Å². The van der Waals surface area contributed by atoms with Crippen LogP contribution in [-0.4, -0.2) is 26.7 Å². The maximum Gasteiger partial charge on any atom is 0.146 e. The molecule has 0 bridgehead atoms. The van der Waals surface area contributed by atoms with Gasteiger partial charge in [-0.15, -0.1) is 0 Å². The van der Waals surface area contributed by atoms with Gasteiger partial charge in [0, 0.05) is 19.6 Å². The minimum atomic E-state index is -0.168. The molecule has 1 aromatic carbocycles. The van der Waals surface area contributed by atoms with E-state index in [1.807, 2.05) is 31.1 Å². The third-order valence-electron chi connectivity index (χ3n) is 3.11. The van der Waals surface area contributed by atoms with E-state index in [1.54, 1.807) is 6.07 Å². The van der Waals surface area contributed by atoms with Crippen molar-refractivity contribution in [3.63, 3.8) is 0 Å². The van der Waals surface area contributed by atoms with Gasteiger partial charge in [-0.1, -0.05) is 32.9 Å². The lowest BCUT2D eigenvalue weighted by Crippen LogP contribution is -2.46. The van der Waals surface area contributed by atoms with Crippen molar-refractivity contribution in [1.29, 1.82) is 0 Å². The number of hydrogen-bond donors (Lipinski definition) is 1. The molecule has 0 heterocycles. The van der Waals surface area contributed by atoms with Crippen molar-refractivity contribution in [2.24, 2.45) is 5.41 Å². The summed E-state index contributed by atoms with van der Waals surface area (Å²) in [6.45, 7) is 7.33. The first-order valence-corrected chi connectivity index (χ1v) is 5.99. The summed E-state index contributed by atoms with van der Waals surface area (Å²) in [5, 5.41) is 3.30. The third kappa shape index (κ3) is 3.70. The molecule has 17 heavy (non-hydrogen) atoms. The highest BCUT2D eigenvalue weighted by atomic mass is 19.1. The van der Waals surface area contributed by atoms with Crippen molar-refractivity contribution in [2.75, 3.05) is 25.5 Å². The van der Waals surface area contributed by atoms with Crippen LogP contribution in [0.5, 0.6) is 0 Å². The van der Waals surface area contributed by atoms with E-state index in [2.05, 4.69) is 26.1 Å². The Hall–Kier alpha value is -1.09. The predicted octanol–water partition coefficient (Wildman–Crippen LogP) is 2.90. The normalized spacial score (nSPS) is 13.5. The van der Waals surface area contributed by atoms with Crippen LogP contribution in [0.15, 0.2) is 24.3 Å². The molecule has 1 aromatic rings. The highest BCUT2D eigenvalue weighted by Gasteiger charge is 2.24. The van der Waals surface area contributed by atoms with Gasteiger partial charge in [-0.05, 0) is 24.6 Å². The summed E-state index contributed by atoms with van der Waals surface area (Å²) in [7, 11) is 3.87. The largest absolute Gasteiger partial charge is 0.371 e. The fourth-order valence-electron chi connectivity index (χ4n) is 1.93. The number of likely N-dealkylation sites (N-methyl/N-ethyl adjacent to an activating group) is 2. The van der Waals surface area contributed by atoms with Gasteiger partial charge in [0.1, 0.15) is 5.82 Å². The molecule has 0 aliphatic rings. The first-order valence-electron chi connectivity index (χ1n) is 5.99. The maximum atomic E-state index is 13.6. The monoisotopic (exact) mass is 238 g/mol. The molecule has 0 radical (unpaired) electrons. The van der Waals surface area contributed by atoms with Gasteiger partial charge >= 0.3 is 0 Å². The Morgan fingerprint density at radius 1 is 1.29 bits per heavy atom. The van der Waals surface area contributed by atoms with Crippen LogP contribution in [0.4, 0.5) is 10.1 Å². The molecule has 2 nitrogen and oxygen atoms in total. The van der Waals surface area contributed by atoms with Crippen molar-refractivity contribution in [3.8, 4) is 0 Å². The van der Waals surface area contributed by atoms with E-state index in [4.69, 9.17) is 0 Å². The fourth-order valence-corrected chi connectivity index (χ4v) is 1.93. The van der Waals surface area contributed by atoms with Crippen LogP contribution in [0.25, 0.3) is 0 Å². The number of anilines is 1. The van der Waals surface area contributed by atoms with Gasteiger partial charge in [-0.25, -0.2) is 4.39 Å². The zero-order valence-electron chi connectivity index (χ0n) is 11.4. The highest BCUT2D eigenvalue weighted by Crippen LogP contribution is 2.23. The molecule has 96 valence electrons. The molecule has 0 spiro atoms. The van der Waals surface area contributed by atoms with Gasteiger partial charge in [-0.3, -0.25) is 0 Å². The van der Waals surface area contributed by atoms with Gasteiger partial charge in [0.15, 0.2) is 0 Å². The van der Waals surface area contributed by atoms with Gasteiger partial charge in [-0.2, -0.15) is 0 Å². The molecule has 1 unspecified atom stereocenters. The molecule has 3 heteroatoms. The molecule has 0 fully saturated rings. The molecule has 0 aliphatic heterocycles. The van der Waals surface area contributed by atoms with Crippen LogP contribution in [0.3, 0.4) is 0 Å². The molecular weight excluding hydrogens is 215 g/mol. The number of halogens is 1. The Morgan fingerprint density at radius 3 is 2.35 bits per heavy atom. The number of nitrogens with one attached hydrogen (secondary N) is 1. The number of benzene rings is 1. The highest BCUT2D eigenvalue weighted by molar-refractivity contribution is 5.46. The first kappa shape index (κ1) is 14.0. The number of para-hydroxylation sites is 1. The van der Waals surface area contributed by atoms with E-state index < -0.39 is 0 Å². The Labute approximate surface area is 104 Å². The minimum absolute atomic E-state index is 0.147. The Kier molecular flexibility index (Phi) is 4.52. The van der Waals surface area contributed by atoms with Crippen LogP contribution in [-0.2, 0) is 0 Å². The minimum Gasteiger partial charge on any atom is -0.371 e. The topological polar surface area (TPSA) is 15.3 Å². The van der Waals surface area contributed by atoms with Crippen LogP contribution in [0.2, 0.25) is 0 Å². The fraction of sp³-hybridized carbons (Fsp3) is 0.571. The first-order chi connectivity index (χ1) is 7.86. The number of nitrogens with zero attached hydrogens (tertiary/aromatic N) is 1. The zero-order chi connectivity index (χ0) is 13.1. The molecular formula is C14H23FN2. The molecule has 0 aliphatic carbocycles. The molecule has 1 rings (SSSR count). The van der Waals surface area contributed by atoms with E-state index in [1.165, 1.54) is 6.07 Å². The van der Waals surface area contributed by atoms with E-state index in [0.717, 1.165) is 6.54 Å². The standard InChI is InChI=1S/C14H23FN2/c1-14(2,3)13(16-4)10-17(5)12-9-7-6-8-11(12)15/h6-9,13,16H,10H2,1-5H3. The summed E-state index contributed by atoms with van der Waals surface area (Å²) in [6.07, 6.45) is 0. The van der Waals surface area contributed by atoms with Crippen LogP contribution >= 0.6 is 0 Å². The van der Waals surface area contributed by atoms with E-state index in [9.17, 15) is 4.39 Å². The quantitative estimate of drug-likeness (QED) is 0.867. The van der Waals surface area contributed by atoms with Crippen molar-refractivity contribution in [1.82, 2.24) is 5.32 Å². The summed E-state index contributed by atoms with van der Waals surface area (Å²) in [5.41, 5.74) is 0.797. The molecule has 1 N–H and O–H groups in total. The Bertz CT molecular complexity index is 357. The van der Waals surface area contributed by atoms with Crippen molar-refractivity contribution >= 4 is 5.69 Å². The summed E-state index contributed by atoms with van der Waals surface area (Å²) in [4.78, 5) is 1.96. The molecule has 1 atom stereocenters. The van der Waals surface area contributed by atoms with Gasteiger partial charge in [0.25, 0.3) is 0 Å². The number of rotatable bonds is 4. The lowest BCUT2D eigenvalue weighted by molar-refractivity contribution is 0.285. The molecule has 0 aromatic heterocycles. The zero-order valence-corrected chi connectivity index (χ0v) is 11.4. The van der Waals surface area contributed by atoms with Crippen LogP contribution in [0.1, 0.15) is 20.8 Å². The third-order valence-corrected chi connectivity index (χ3v) is 3.11. The predicted molar refractivity (Wildman–Crippen MR) is 72.0 cm³/mol. The van der Waals surface area contributed by atoms with E-state index in [-0.39, 0.29) is 11.2 Å². The summed E-state index contributed by atoms with van der Waals surface area (Å²) in [5.74, 6) is -0.168. The average Bonchev–Trinajstić information content (AvgIpc) is 2.24. The van der Waals surface area contributed by atoms with Gasteiger partial charge in [0.05, 0.1) is 5.69 Å². The summed E-state index contributed by atoms with van der Waals surface area (Å²) in [6, 6.07) is 7.20. The maximum absolute atomic E-state index is 13.6. The van der Waals surface area contributed by atoms with Gasteiger partial charge in [0.2, 0.25) is 0 Å². The molecule has 0 saturated carbocycles.